The van der Waals surface area contributed by atoms with E-state index in [1.807, 2.05) is 30.3 Å². The molecule has 2 N–H and O–H groups in total. The highest BCUT2D eigenvalue weighted by Crippen LogP contribution is 2.19. The van der Waals surface area contributed by atoms with Gasteiger partial charge in [0.05, 0.1) is 6.61 Å². The third-order valence-electron chi connectivity index (χ3n) is 2.95. The Bertz CT molecular complexity index is 569. The van der Waals surface area contributed by atoms with Crippen molar-refractivity contribution in [2.45, 2.75) is 12.7 Å². The summed E-state index contributed by atoms with van der Waals surface area (Å²) in [7, 11) is 1.50. The van der Waals surface area contributed by atoms with E-state index in [4.69, 9.17) is 9.84 Å². The first-order valence-electron chi connectivity index (χ1n) is 6.33. The number of carbonyl (C=O) groups is 1. The second-order valence-corrected chi connectivity index (χ2v) is 4.37. The van der Waals surface area contributed by atoms with Crippen LogP contribution >= 0.6 is 0 Å². The van der Waals surface area contributed by atoms with Gasteiger partial charge in [-0.3, -0.25) is 4.79 Å². The maximum Gasteiger partial charge on any atom is 0.258 e. The number of ether oxygens (including phenoxy) is 1. The SMILES string of the molecule is COC(C(=O)Nc1cccc(CO)c1)c1ccccc1. The summed E-state index contributed by atoms with van der Waals surface area (Å²) < 4.78 is 5.27. The Morgan fingerprint density at radius 1 is 1.20 bits per heavy atom. The van der Waals surface area contributed by atoms with Crippen molar-refractivity contribution in [3.63, 3.8) is 0 Å². The number of anilines is 1. The molecule has 0 saturated carbocycles. The van der Waals surface area contributed by atoms with E-state index in [0.717, 1.165) is 11.1 Å². The van der Waals surface area contributed by atoms with Gasteiger partial charge in [0.25, 0.3) is 5.91 Å². The fraction of sp³-hybridized carbons (Fsp3) is 0.188. The first-order valence-corrected chi connectivity index (χ1v) is 6.33. The van der Waals surface area contributed by atoms with Crippen LogP contribution in [-0.4, -0.2) is 18.1 Å². The van der Waals surface area contributed by atoms with Crippen LogP contribution in [0.1, 0.15) is 17.2 Å². The van der Waals surface area contributed by atoms with Gasteiger partial charge < -0.3 is 15.2 Å². The molecule has 0 aliphatic rings. The second-order valence-electron chi connectivity index (χ2n) is 4.37. The van der Waals surface area contributed by atoms with Gasteiger partial charge in [0.1, 0.15) is 0 Å². The lowest BCUT2D eigenvalue weighted by Gasteiger charge is -2.16. The van der Waals surface area contributed by atoms with Gasteiger partial charge in [0.2, 0.25) is 0 Å². The van der Waals surface area contributed by atoms with Crippen LogP contribution in [0.25, 0.3) is 0 Å². The Kier molecular flexibility index (Phi) is 4.87. The monoisotopic (exact) mass is 271 g/mol. The fourth-order valence-electron chi connectivity index (χ4n) is 1.98. The van der Waals surface area contributed by atoms with E-state index in [2.05, 4.69) is 5.32 Å². The Hall–Kier alpha value is -2.17. The lowest BCUT2D eigenvalue weighted by atomic mass is 10.1. The topological polar surface area (TPSA) is 58.6 Å². The van der Waals surface area contributed by atoms with Crippen LogP contribution < -0.4 is 5.32 Å². The summed E-state index contributed by atoms with van der Waals surface area (Å²) in [6.45, 7) is -0.0594. The first-order chi connectivity index (χ1) is 9.74. The van der Waals surface area contributed by atoms with E-state index >= 15 is 0 Å². The fourth-order valence-corrected chi connectivity index (χ4v) is 1.98. The molecule has 0 radical (unpaired) electrons. The van der Waals surface area contributed by atoms with Crippen LogP contribution in [-0.2, 0) is 16.1 Å². The van der Waals surface area contributed by atoms with Crippen LogP contribution in [0, 0.1) is 0 Å². The van der Waals surface area contributed by atoms with Crippen LogP contribution in [0.15, 0.2) is 54.6 Å². The van der Waals surface area contributed by atoms with Crippen molar-refractivity contribution in [2.24, 2.45) is 0 Å². The molecule has 0 fully saturated rings. The number of nitrogens with one attached hydrogen (secondary N) is 1. The van der Waals surface area contributed by atoms with Crippen molar-refractivity contribution in [1.29, 1.82) is 0 Å². The normalized spacial score (nSPS) is 11.9. The summed E-state index contributed by atoms with van der Waals surface area (Å²) in [4.78, 5) is 12.2. The number of rotatable bonds is 5. The third-order valence-corrected chi connectivity index (χ3v) is 2.95. The number of aliphatic hydroxyl groups is 1. The van der Waals surface area contributed by atoms with Gasteiger partial charge in [-0.25, -0.2) is 0 Å². The van der Waals surface area contributed by atoms with Gasteiger partial charge in [-0.2, -0.15) is 0 Å². The highest BCUT2D eigenvalue weighted by molar-refractivity contribution is 5.94. The molecule has 0 bridgehead atoms. The average molecular weight is 271 g/mol. The summed E-state index contributed by atoms with van der Waals surface area (Å²) in [5, 5.41) is 11.9. The largest absolute Gasteiger partial charge is 0.392 e. The molecular weight excluding hydrogens is 254 g/mol. The van der Waals surface area contributed by atoms with Crippen LogP contribution in [0.5, 0.6) is 0 Å². The van der Waals surface area contributed by atoms with Crippen molar-refractivity contribution >= 4 is 11.6 Å². The zero-order valence-electron chi connectivity index (χ0n) is 11.2. The summed E-state index contributed by atoms with van der Waals surface area (Å²) in [6, 6.07) is 16.4. The molecule has 20 heavy (non-hydrogen) atoms. The van der Waals surface area contributed by atoms with Gasteiger partial charge in [-0.15, -0.1) is 0 Å². The van der Waals surface area contributed by atoms with Crippen LogP contribution in [0.4, 0.5) is 5.69 Å². The summed E-state index contributed by atoms with van der Waals surface area (Å²) in [5.41, 5.74) is 2.18. The van der Waals surface area contributed by atoms with Crippen LogP contribution in [0.2, 0.25) is 0 Å². The maximum atomic E-state index is 12.2. The quantitative estimate of drug-likeness (QED) is 0.878. The Morgan fingerprint density at radius 3 is 2.60 bits per heavy atom. The molecule has 0 aliphatic carbocycles. The van der Waals surface area contributed by atoms with Crippen molar-refractivity contribution in [3.8, 4) is 0 Å². The van der Waals surface area contributed by atoms with Crippen LogP contribution in [0.3, 0.4) is 0 Å². The molecule has 1 amide bonds. The molecule has 0 spiro atoms. The molecule has 2 aromatic rings. The van der Waals surface area contributed by atoms with Gasteiger partial charge >= 0.3 is 0 Å². The number of hydrogen-bond acceptors (Lipinski definition) is 3. The second kappa shape index (κ2) is 6.84. The predicted molar refractivity (Wildman–Crippen MR) is 77.2 cm³/mol. The number of methoxy groups -OCH3 is 1. The third kappa shape index (κ3) is 3.44. The van der Waals surface area contributed by atoms with E-state index in [9.17, 15) is 4.79 Å². The van der Waals surface area contributed by atoms with E-state index in [1.165, 1.54) is 7.11 Å². The Morgan fingerprint density at radius 2 is 1.95 bits per heavy atom. The van der Waals surface area contributed by atoms with E-state index < -0.39 is 6.10 Å². The predicted octanol–water partition coefficient (Wildman–Crippen LogP) is 2.51. The molecule has 0 heterocycles. The molecule has 2 rings (SSSR count). The molecule has 0 aliphatic heterocycles. The minimum atomic E-state index is -0.658. The molecule has 4 nitrogen and oxygen atoms in total. The zero-order valence-corrected chi connectivity index (χ0v) is 11.2. The number of carbonyl (C=O) groups excluding carboxylic acids is 1. The minimum absolute atomic E-state index is 0.0594. The standard InChI is InChI=1S/C16H17NO3/c1-20-15(13-7-3-2-4-8-13)16(19)17-14-9-5-6-12(10-14)11-18/h2-10,15,18H,11H2,1H3,(H,17,19). The molecule has 0 saturated heterocycles. The molecule has 4 heteroatoms. The molecule has 104 valence electrons. The average Bonchev–Trinajstić information content (AvgIpc) is 2.49. The van der Waals surface area contributed by atoms with Gasteiger partial charge in [0.15, 0.2) is 6.10 Å². The van der Waals surface area contributed by atoms with Crippen molar-refractivity contribution in [2.75, 3.05) is 12.4 Å². The highest BCUT2D eigenvalue weighted by Gasteiger charge is 2.19. The number of aliphatic hydroxyl groups excluding tert-OH is 1. The number of benzene rings is 2. The number of amides is 1. The van der Waals surface area contributed by atoms with Crippen molar-refractivity contribution in [3.05, 3.63) is 65.7 Å². The van der Waals surface area contributed by atoms with E-state index in [-0.39, 0.29) is 12.5 Å². The maximum absolute atomic E-state index is 12.2. The van der Waals surface area contributed by atoms with Crippen molar-refractivity contribution < 1.29 is 14.6 Å². The molecule has 0 aromatic heterocycles. The van der Waals surface area contributed by atoms with E-state index in [1.54, 1.807) is 24.3 Å². The molecule has 1 unspecified atom stereocenters. The summed E-state index contributed by atoms with van der Waals surface area (Å²) in [6.07, 6.45) is -0.658. The van der Waals surface area contributed by atoms with Crippen molar-refractivity contribution in [1.82, 2.24) is 0 Å². The molecular formula is C16H17NO3. The summed E-state index contributed by atoms with van der Waals surface area (Å²) >= 11 is 0. The minimum Gasteiger partial charge on any atom is -0.392 e. The number of hydrogen-bond donors (Lipinski definition) is 2. The Labute approximate surface area is 118 Å². The van der Waals surface area contributed by atoms with Gasteiger partial charge in [0, 0.05) is 12.8 Å². The lowest BCUT2D eigenvalue weighted by Crippen LogP contribution is -2.22. The Balaban J connectivity index is 2.13. The molecule has 2 aromatic carbocycles. The lowest BCUT2D eigenvalue weighted by molar-refractivity contribution is -0.126. The van der Waals surface area contributed by atoms with Gasteiger partial charge in [-0.05, 0) is 23.3 Å². The summed E-state index contributed by atoms with van der Waals surface area (Å²) in [5.74, 6) is -0.242. The first kappa shape index (κ1) is 14.2. The zero-order chi connectivity index (χ0) is 14.4. The van der Waals surface area contributed by atoms with E-state index in [0.29, 0.717) is 5.69 Å². The van der Waals surface area contributed by atoms with Gasteiger partial charge in [-0.1, -0.05) is 42.5 Å². The highest BCUT2D eigenvalue weighted by atomic mass is 16.5. The molecule has 1 atom stereocenters. The smallest absolute Gasteiger partial charge is 0.258 e.